The Hall–Kier alpha value is -3.42. The van der Waals surface area contributed by atoms with E-state index in [4.69, 9.17) is 9.47 Å². The second-order valence-corrected chi connectivity index (χ2v) is 8.48. The van der Waals surface area contributed by atoms with Gasteiger partial charge in [-0.05, 0) is 42.3 Å². The molecule has 1 aliphatic rings. The summed E-state index contributed by atoms with van der Waals surface area (Å²) in [7, 11) is 0. The third kappa shape index (κ3) is 6.56. The molecule has 4 rings (SSSR count). The van der Waals surface area contributed by atoms with Gasteiger partial charge in [-0.1, -0.05) is 42.0 Å². The Morgan fingerprint density at radius 3 is 2.65 bits per heavy atom. The third-order valence-electron chi connectivity index (χ3n) is 5.83. The molecule has 1 saturated heterocycles. The molecule has 1 fully saturated rings. The maximum Gasteiger partial charge on any atom is 0.263 e. The van der Waals surface area contributed by atoms with E-state index < -0.39 is 0 Å². The Kier molecular flexibility index (Phi) is 8.12. The van der Waals surface area contributed by atoms with E-state index in [-0.39, 0.29) is 17.0 Å². The van der Waals surface area contributed by atoms with E-state index in [1.165, 1.54) is 0 Å². The lowest BCUT2D eigenvalue weighted by atomic mass is 10.1. The summed E-state index contributed by atoms with van der Waals surface area (Å²) in [5, 5.41) is 2.86. The van der Waals surface area contributed by atoms with Crippen LogP contribution in [-0.4, -0.2) is 54.8 Å². The number of carbonyl (C=O) groups excluding carboxylic acids is 1. The highest BCUT2D eigenvalue weighted by molar-refractivity contribution is 5.93. The van der Waals surface area contributed by atoms with Gasteiger partial charge in [-0.3, -0.25) is 14.5 Å². The molecule has 7 nitrogen and oxygen atoms in total. The first-order valence-electron chi connectivity index (χ1n) is 11.6. The minimum Gasteiger partial charge on any atom is -0.492 e. The number of nitrogens with zero attached hydrogens (tertiary/aromatic N) is 2. The maximum atomic E-state index is 12.9. The molecule has 34 heavy (non-hydrogen) atoms. The number of hydrogen-bond acceptors (Lipinski definition) is 5. The molecule has 3 aromatic rings. The van der Waals surface area contributed by atoms with E-state index in [2.05, 4.69) is 10.2 Å². The Balaban J connectivity index is 1.32. The summed E-state index contributed by atoms with van der Waals surface area (Å²) in [5.74, 6) is 0.377. The van der Waals surface area contributed by atoms with Gasteiger partial charge in [0, 0.05) is 32.4 Å². The van der Waals surface area contributed by atoms with Gasteiger partial charge in [-0.2, -0.15) is 0 Å². The standard InChI is InChI=1S/C27H31N3O4/c1-21-5-2-7-23(17-21)20-30-10-4-9-25(27(30)32)26(31)28-19-22-6-3-8-24(18-22)34-16-13-29-11-14-33-15-12-29/h2-10,17-18H,11-16,19-20H2,1H3,(H,28,31). The van der Waals surface area contributed by atoms with Crippen LogP contribution >= 0.6 is 0 Å². The molecule has 0 radical (unpaired) electrons. The minimum absolute atomic E-state index is 0.132. The molecule has 2 heterocycles. The number of hydrogen-bond donors (Lipinski definition) is 1. The van der Waals surface area contributed by atoms with Crippen molar-refractivity contribution in [3.05, 3.63) is 99.5 Å². The topological polar surface area (TPSA) is 72.8 Å². The van der Waals surface area contributed by atoms with Crippen LogP contribution in [0.5, 0.6) is 5.75 Å². The molecule has 0 aliphatic carbocycles. The molecular weight excluding hydrogens is 430 g/mol. The van der Waals surface area contributed by atoms with Gasteiger partial charge in [0.1, 0.15) is 17.9 Å². The summed E-state index contributed by atoms with van der Waals surface area (Å²) in [6.07, 6.45) is 1.71. The molecule has 0 saturated carbocycles. The van der Waals surface area contributed by atoms with Crippen LogP contribution in [0.4, 0.5) is 0 Å². The molecule has 1 amide bonds. The zero-order valence-corrected chi connectivity index (χ0v) is 19.5. The van der Waals surface area contributed by atoms with E-state index in [1.54, 1.807) is 22.9 Å². The van der Waals surface area contributed by atoms with Crippen molar-refractivity contribution in [2.75, 3.05) is 39.5 Å². The molecular formula is C27H31N3O4. The number of morpholine rings is 1. The highest BCUT2D eigenvalue weighted by atomic mass is 16.5. The molecule has 0 atom stereocenters. The number of rotatable bonds is 9. The van der Waals surface area contributed by atoms with Crippen molar-refractivity contribution < 1.29 is 14.3 Å². The molecule has 2 aromatic carbocycles. The summed E-state index contributed by atoms with van der Waals surface area (Å²) >= 11 is 0. The molecule has 7 heteroatoms. The number of ether oxygens (including phenoxy) is 2. The van der Waals surface area contributed by atoms with Gasteiger partial charge < -0.3 is 19.4 Å². The molecule has 178 valence electrons. The van der Waals surface area contributed by atoms with Crippen LogP contribution in [0.1, 0.15) is 27.0 Å². The smallest absolute Gasteiger partial charge is 0.263 e. The van der Waals surface area contributed by atoms with Crippen molar-refractivity contribution in [3.8, 4) is 5.75 Å². The molecule has 0 spiro atoms. The van der Waals surface area contributed by atoms with Gasteiger partial charge in [0.2, 0.25) is 0 Å². The number of pyridine rings is 1. The average Bonchev–Trinajstić information content (AvgIpc) is 2.85. The fraction of sp³-hybridized carbons (Fsp3) is 0.333. The zero-order chi connectivity index (χ0) is 23.8. The van der Waals surface area contributed by atoms with Crippen LogP contribution < -0.4 is 15.6 Å². The Bertz CT molecular complexity index is 1170. The predicted octanol–water partition coefficient (Wildman–Crippen LogP) is 2.85. The van der Waals surface area contributed by atoms with Crippen molar-refractivity contribution in [2.45, 2.75) is 20.0 Å². The second kappa shape index (κ2) is 11.6. The third-order valence-corrected chi connectivity index (χ3v) is 5.83. The molecule has 1 aliphatic heterocycles. The van der Waals surface area contributed by atoms with Crippen LogP contribution in [-0.2, 0) is 17.8 Å². The summed E-state index contributed by atoms with van der Waals surface area (Å²) in [6, 6.07) is 18.9. The van der Waals surface area contributed by atoms with E-state index >= 15 is 0 Å². The van der Waals surface area contributed by atoms with Gasteiger partial charge in [-0.15, -0.1) is 0 Å². The van der Waals surface area contributed by atoms with Crippen LogP contribution in [0, 0.1) is 6.92 Å². The number of carbonyl (C=O) groups is 1. The lowest BCUT2D eigenvalue weighted by molar-refractivity contribution is 0.0322. The van der Waals surface area contributed by atoms with Crippen LogP contribution in [0.3, 0.4) is 0 Å². The number of aryl methyl sites for hydroxylation is 1. The van der Waals surface area contributed by atoms with Gasteiger partial charge in [0.05, 0.1) is 19.8 Å². The number of benzene rings is 2. The van der Waals surface area contributed by atoms with E-state index in [0.717, 1.165) is 55.3 Å². The van der Waals surface area contributed by atoms with Crippen molar-refractivity contribution in [3.63, 3.8) is 0 Å². The van der Waals surface area contributed by atoms with E-state index in [9.17, 15) is 9.59 Å². The Morgan fingerprint density at radius 1 is 1.03 bits per heavy atom. The van der Waals surface area contributed by atoms with Crippen molar-refractivity contribution >= 4 is 5.91 Å². The Morgan fingerprint density at radius 2 is 1.82 bits per heavy atom. The number of aromatic nitrogens is 1. The Labute approximate surface area is 199 Å². The fourth-order valence-electron chi connectivity index (χ4n) is 3.98. The largest absolute Gasteiger partial charge is 0.492 e. The highest BCUT2D eigenvalue weighted by Gasteiger charge is 2.13. The van der Waals surface area contributed by atoms with Crippen molar-refractivity contribution in [1.29, 1.82) is 0 Å². The van der Waals surface area contributed by atoms with Gasteiger partial charge in [-0.25, -0.2) is 0 Å². The summed E-state index contributed by atoms with van der Waals surface area (Å²) in [4.78, 5) is 28.0. The van der Waals surface area contributed by atoms with Gasteiger partial charge in [0.25, 0.3) is 11.5 Å². The lowest BCUT2D eigenvalue weighted by Gasteiger charge is -2.26. The van der Waals surface area contributed by atoms with Crippen molar-refractivity contribution in [1.82, 2.24) is 14.8 Å². The van der Waals surface area contributed by atoms with Crippen LogP contribution in [0.15, 0.2) is 71.7 Å². The molecule has 1 N–H and O–H groups in total. The summed E-state index contributed by atoms with van der Waals surface area (Å²) < 4.78 is 12.8. The van der Waals surface area contributed by atoms with E-state index in [1.807, 2.05) is 55.5 Å². The SMILES string of the molecule is Cc1cccc(Cn2cccc(C(=O)NCc3cccc(OCCN4CCOCC4)c3)c2=O)c1. The first-order valence-corrected chi connectivity index (χ1v) is 11.6. The summed E-state index contributed by atoms with van der Waals surface area (Å²) in [6.45, 7) is 7.61. The average molecular weight is 462 g/mol. The highest BCUT2D eigenvalue weighted by Crippen LogP contribution is 2.14. The number of amides is 1. The number of nitrogens with one attached hydrogen (secondary N) is 1. The normalized spacial score (nSPS) is 14.0. The van der Waals surface area contributed by atoms with Gasteiger partial charge in [0.15, 0.2) is 0 Å². The predicted molar refractivity (Wildman–Crippen MR) is 131 cm³/mol. The fourth-order valence-corrected chi connectivity index (χ4v) is 3.98. The first-order chi connectivity index (χ1) is 16.6. The maximum absolute atomic E-state index is 12.9. The molecule has 0 unspecified atom stereocenters. The van der Waals surface area contributed by atoms with Crippen LogP contribution in [0.2, 0.25) is 0 Å². The lowest BCUT2D eigenvalue weighted by Crippen LogP contribution is -2.38. The quantitative estimate of drug-likeness (QED) is 0.531. The summed E-state index contributed by atoms with van der Waals surface area (Å²) in [5.41, 5.74) is 2.89. The molecule has 0 bridgehead atoms. The first kappa shape index (κ1) is 23.7. The zero-order valence-electron chi connectivity index (χ0n) is 19.5. The van der Waals surface area contributed by atoms with Gasteiger partial charge >= 0.3 is 0 Å². The second-order valence-electron chi connectivity index (χ2n) is 8.48. The molecule has 1 aromatic heterocycles. The minimum atomic E-state index is -0.387. The van der Waals surface area contributed by atoms with Crippen LogP contribution in [0.25, 0.3) is 0 Å². The van der Waals surface area contributed by atoms with E-state index in [0.29, 0.717) is 19.7 Å². The monoisotopic (exact) mass is 461 g/mol. The van der Waals surface area contributed by atoms with Crippen molar-refractivity contribution in [2.24, 2.45) is 0 Å².